The van der Waals surface area contributed by atoms with Gasteiger partial charge in [-0.3, -0.25) is 14.8 Å². The largest absolute Gasteiger partial charge is 0.463 e. The number of anilines is 2. The number of oxazole rings is 2. The van der Waals surface area contributed by atoms with Gasteiger partial charge in [-0.05, 0) is 71.1 Å². The zero-order chi connectivity index (χ0) is 41.8. The number of ether oxygens (including phenoxy) is 1. The molecule has 0 spiro atoms. The van der Waals surface area contributed by atoms with Crippen molar-refractivity contribution in [2.45, 2.75) is 30.0 Å². The van der Waals surface area contributed by atoms with Gasteiger partial charge >= 0.3 is 5.97 Å². The van der Waals surface area contributed by atoms with Crippen LogP contribution in [-0.2, 0) is 24.4 Å². The average molecular weight is 941 g/mol. The molecule has 2 aliphatic heterocycles. The molecule has 15 nitrogen and oxygen atoms in total. The fraction of sp³-hybridized carbons (Fsp3) is 0.0286. The van der Waals surface area contributed by atoms with Crippen LogP contribution in [-0.4, -0.2) is 55.8 Å². The summed E-state index contributed by atoms with van der Waals surface area (Å²) < 4.78 is 61.5. The van der Waals surface area contributed by atoms with Crippen molar-refractivity contribution < 1.29 is 40.0 Å². The molecule has 2 aromatic carbocycles. The molecule has 23 heteroatoms. The first kappa shape index (κ1) is 42.7. The maximum atomic E-state index is 12.4. The van der Waals surface area contributed by atoms with Crippen molar-refractivity contribution >= 4 is 125 Å². The fourth-order valence-corrected chi connectivity index (χ4v) is 9.76. The van der Waals surface area contributed by atoms with Crippen LogP contribution in [0.25, 0.3) is 12.2 Å². The summed E-state index contributed by atoms with van der Waals surface area (Å²) in [6.07, 6.45) is 11.4. The molecule has 0 bridgehead atoms. The van der Waals surface area contributed by atoms with Gasteiger partial charge in [-0.1, -0.05) is 58.5 Å². The Morgan fingerprint density at radius 1 is 0.690 bits per heavy atom. The standard InChI is InChI=1S/C17H9Cl2N3O4S2.C10H6Cl2N2O3S.C8H7NO2S/c18-11-6-20-7-12(19)15(11)27-17-21-8-13(26-17)16(23)22-10-2-1-9-3-4-28(24,25)14(9)5-10;1-16-9(15)7-4-14-10(17-7)18-8-5(11)2-13-3-6(8)12;9-7-2-1-6-3-4-12(10,11)8(6)5-7/h1-8H,(H,22,23);2-4H,1H3;1-5H,9H2. The number of rotatable bonds is 7. The molecule has 0 radical (unpaired) electrons. The monoisotopic (exact) mass is 938 g/mol. The summed E-state index contributed by atoms with van der Waals surface area (Å²) in [7, 11) is -5.40. The van der Waals surface area contributed by atoms with Crippen molar-refractivity contribution in [2.75, 3.05) is 18.2 Å². The van der Waals surface area contributed by atoms with E-state index in [1.807, 2.05) is 0 Å². The number of hydrogen-bond donors (Lipinski definition) is 2. The molecule has 0 unspecified atom stereocenters. The van der Waals surface area contributed by atoms with E-state index in [1.165, 1.54) is 67.9 Å². The number of carbonyl (C=O) groups excluding carboxylic acids is 2. The SMILES string of the molecule is COC(=O)c1cnc(Sc2c(Cl)cncc2Cl)o1.Nc1ccc2c(c1)S(=O)(=O)C=C2.O=C(Nc1ccc2c(c1)S(=O)(=O)C=C2)c1cnc(Sc2c(Cl)cncc2Cl)o1. The van der Waals surface area contributed by atoms with Gasteiger partial charge in [-0.15, -0.1) is 0 Å². The zero-order valence-electron chi connectivity index (χ0n) is 28.9. The van der Waals surface area contributed by atoms with E-state index in [0.717, 1.165) is 28.9 Å². The van der Waals surface area contributed by atoms with Crippen LogP contribution in [0.2, 0.25) is 20.1 Å². The summed E-state index contributed by atoms with van der Waals surface area (Å²) in [5.74, 6) is -1.21. The molecule has 298 valence electrons. The number of nitrogens with zero attached hydrogens (tertiary/aromatic N) is 4. The van der Waals surface area contributed by atoms with Crippen molar-refractivity contribution in [3.8, 4) is 0 Å². The van der Waals surface area contributed by atoms with Crippen LogP contribution >= 0.6 is 69.9 Å². The Bertz CT molecular complexity index is 2830. The van der Waals surface area contributed by atoms with Gasteiger partial charge in [-0.2, -0.15) is 0 Å². The first-order valence-corrected chi connectivity index (χ1v) is 21.9. The van der Waals surface area contributed by atoms with E-state index in [9.17, 15) is 26.4 Å². The van der Waals surface area contributed by atoms with Crippen LogP contribution in [0.3, 0.4) is 0 Å². The number of nitrogens with one attached hydrogen (secondary N) is 1. The van der Waals surface area contributed by atoms with Crippen molar-refractivity contribution in [1.82, 2.24) is 19.9 Å². The van der Waals surface area contributed by atoms with Crippen LogP contribution in [0.5, 0.6) is 0 Å². The third-order valence-corrected chi connectivity index (χ3v) is 13.9. The molecular formula is C35H22Cl4N6O9S4. The maximum absolute atomic E-state index is 12.4. The number of halogens is 4. The highest BCUT2D eigenvalue weighted by Gasteiger charge is 2.23. The molecule has 6 aromatic rings. The molecule has 0 saturated heterocycles. The van der Waals surface area contributed by atoms with E-state index in [0.29, 0.717) is 57.3 Å². The summed E-state index contributed by atoms with van der Waals surface area (Å²) in [6, 6.07) is 9.47. The molecule has 6 heterocycles. The van der Waals surface area contributed by atoms with Crippen LogP contribution < -0.4 is 11.1 Å². The number of nitrogens with two attached hydrogens (primary N) is 1. The molecule has 0 fully saturated rings. The molecule has 1 amide bonds. The second kappa shape index (κ2) is 18.0. The number of aromatic nitrogens is 4. The summed E-state index contributed by atoms with van der Waals surface area (Å²) in [4.78, 5) is 40.7. The molecule has 0 aliphatic carbocycles. The number of hydrogen-bond acceptors (Lipinski definition) is 16. The molecule has 8 rings (SSSR count). The Hall–Kier alpha value is -4.86. The lowest BCUT2D eigenvalue weighted by Gasteiger charge is -2.05. The first-order chi connectivity index (χ1) is 27.5. The number of esters is 1. The minimum absolute atomic E-state index is 0.0151. The normalized spacial score (nSPS) is 13.7. The topological polar surface area (TPSA) is 228 Å². The van der Waals surface area contributed by atoms with Crippen LogP contribution in [0.1, 0.15) is 32.2 Å². The smallest absolute Gasteiger partial charge is 0.375 e. The second-order valence-corrected chi connectivity index (χ2v) is 18.4. The van der Waals surface area contributed by atoms with Gasteiger partial charge < -0.3 is 24.6 Å². The quantitative estimate of drug-likeness (QED) is 0.112. The van der Waals surface area contributed by atoms with E-state index in [-0.39, 0.29) is 26.9 Å². The predicted octanol–water partition coefficient (Wildman–Crippen LogP) is 8.88. The van der Waals surface area contributed by atoms with Gasteiger partial charge in [0.2, 0.25) is 31.2 Å². The Morgan fingerprint density at radius 2 is 1.16 bits per heavy atom. The lowest BCUT2D eigenvalue weighted by atomic mass is 10.2. The number of sulfone groups is 2. The van der Waals surface area contributed by atoms with Crippen LogP contribution in [0.15, 0.2) is 123 Å². The second-order valence-electron chi connectivity index (χ2n) is 11.2. The number of methoxy groups -OCH3 is 1. The molecule has 0 saturated carbocycles. The molecular weight excluding hydrogens is 918 g/mol. The lowest BCUT2D eigenvalue weighted by Crippen LogP contribution is -2.11. The number of fused-ring (bicyclic) bond motifs is 2. The number of nitrogen functional groups attached to an aromatic ring is 1. The van der Waals surface area contributed by atoms with Gasteiger partial charge in [0.15, 0.2) is 0 Å². The summed E-state index contributed by atoms with van der Waals surface area (Å²) in [6.45, 7) is 0. The Kier molecular flexibility index (Phi) is 13.2. The number of benzene rings is 2. The number of carbonyl (C=O) groups is 2. The van der Waals surface area contributed by atoms with Crippen molar-refractivity contribution in [3.63, 3.8) is 0 Å². The van der Waals surface area contributed by atoms with Crippen molar-refractivity contribution in [1.29, 1.82) is 0 Å². The highest BCUT2D eigenvalue weighted by Crippen LogP contribution is 2.39. The lowest BCUT2D eigenvalue weighted by molar-refractivity contribution is 0.0559. The van der Waals surface area contributed by atoms with E-state index in [1.54, 1.807) is 30.3 Å². The Morgan fingerprint density at radius 3 is 1.67 bits per heavy atom. The Balaban J connectivity index is 0.000000161. The summed E-state index contributed by atoms with van der Waals surface area (Å²) in [5, 5.41) is 6.73. The first-order valence-electron chi connectivity index (χ1n) is 15.7. The van der Waals surface area contributed by atoms with E-state index < -0.39 is 31.6 Å². The Labute approximate surface area is 357 Å². The van der Waals surface area contributed by atoms with Gasteiger partial charge in [-0.25, -0.2) is 31.6 Å². The van der Waals surface area contributed by atoms with Crippen molar-refractivity contribution in [3.05, 3.63) is 127 Å². The van der Waals surface area contributed by atoms with E-state index in [4.69, 9.17) is 61.0 Å². The van der Waals surface area contributed by atoms with E-state index in [2.05, 4.69) is 30.0 Å². The highest BCUT2D eigenvalue weighted by molar-refractivity contribution is 7.99. The van der Waals surface area contributed by atoms with Crippen LogP contribution in [0, 0.1) is 0 Å². The summed E-state index contributed by atoms with van der Waals surface area (Å²) >= 11 is 26.2. The third kappa shape index (κ3) is 10.0. The fourth-order valence-electron chi connectivity index (χ4n) is 4.68. The van der Waals surface area contributed by atoms with Crippen LogP contribution in [0.4, 0.5) is 11.4 Å². The molecule has 2 aliphatic rings. The van der Waals surface area contributed by atoms with Gasteiger partial charge in [0.05, 0.1) is 59.2 Å². The van der Waals surface area contributed by atoms with Gasteiger partial charge in [0, 0.05) is 47.0 Å². The molecule has 58 heavy (non-hydrogen) atoms. The third-order valence-electron chi connectivity index (χ3n) is 7.35. The molecule has 3 N–H and O–H groups in total. The van der Waals surface area contributed by atoms with E-state index >= 15 is 0 Å². The van der Waals surface area contributed by atoms with Crippen molar-refractivity contribution in [2.24, 2.45) is 0 Å². The summed E-state index contributed by atoms with van der Waals surface area (Å²) in [5.41, 5.74) is 7.54. The molecule has 4 aromatic heterocycles. The van der Waals surface area contributed by atoms with Gasteiger partial charge in [0.25, 0.3) is 16.4 Å². The molecule has 0 atom stereocenters. The number of amides is 1. The zero-order valence-corrected chi connectivity index (χ0v) is 35.2. The minimum Gasteiger partial charge on any atom is -0.463 e. The predicted molar refractivity (Wildman–Crippen MR) is 219 cm³/mol. The van der Waals surface area contributed by atoms with Gasteiger partial charge in [0.1, 0.15) is 0 Å². The highest BCUT2D eigenvalue weighted by atomic mass is 35.5. The number of pyridine rings is 2. The maximum Gasteiger partial charge on any atom is 0.375 e. The minimum atomic E-state index is -3.47. The average Bonchev–Trinajstić information content (AvgIpc) is 3.98.